The molecular formula is C13H13N3O2. The molecule has 0 unspecified atom stereocenters. The Bertz CT molecular complexity index is 543. The largest absolute Gasteiger partial charge is 0.505 e. The topological polar surface area (TPSA) is 66.3 Å². The van der Waals surface area contributed by atoms with Gasteiger partial charge in [-0.05, 0) is 29.8 Å². The smallest absolute Gasteiger partial charge is 0.276 e. The van der Waals surface area contributed by atoms with Crippen molar-refractivity contribution in [3.63, 3.8) is 0 Å². The lowest BCUT2D eigenvalue weighted by Gasteiger charge is -2.17. The molecule has 0 spiro atoms. The van der Waals surface area contributed by atoms with Crippen LogP contribution in [0.2, 0.25) is 0 Å². The van der Waals surface area contributed by atoms with Gasteiger partial charge >= 0.3 is 0 Å². The fourth-order valence-corrected chi connectivity index (χ4v) is 1.58. The quantitative estimate of drug-likeness (QED) is 0.886. The van der Waals surface area contributed by atoms with Crippen molar-refractivity contribution in [3.8, 4) is 5.75 Å². The van der Waals surface area contributed by atoms with E-state index >= 15 is 0 Å². The molecule has 2 aromatic rings. The molecule has 0 aliphatic rings. The van der Waals surface area contributed by atoms with Crippen LogP contribution < -0.4 is 0 Å². The van der Waals surface area contributed by atoms with Crippen LogP contribution in [-0.2, 0) is 6.54 Å². The van der Waals surface area contributed by atoms with E-state index in [1.807, 2.05) is 12.1 Å². The monoisotopic (exact) mass is 243 g/mol. The molecule has 0 bridgehead atoms. The molecule has 0 radical (unpaired) electrons. The molecule has 18 heavy (non-hydrogen) atoms. The van der Waals surface area contributed by atoms with Crippen LogP contribution in [0.1, 0.15) is 16.1 Å². The highest BCUT2D eigenvalue weighted by molar-refractivity contribution is 5.94. The SMILES string of the molecule is CN(Cc1ccncc1)C(=O)c1ncccc1O. The van der Waals surface area contributed by atoms with E-state index in [1.54, 1.807) is 25.5 Å². The second kappa shape index (κ2) is 5.27. The number of nitrogens with zero attached hydrogens (tertiary/aromatic N) is 3. The molecule has 1 amide bonds. The Labute approximate surface area is 105 Å². The number of aromatic nitrogens is 2. The number of aromatic hydroxyl groups is 1. The van der Waals surface area contributed by atoms with Gasteiger partial charge in [-0.25, -0.2) is 4.98 Å². The Morgan fingerprint density at radius 1 is 1.28 bits per heavy atom. The molecule has 92 valence electrons. The van der Waals surface area contributed by atoms with E-state index in [0.717, 1.165) is 5.56 Å². The van der Waals surface area contributed by atoms with Crippen molar-refractivity contribution in [2.45, 2.75) is 6.54 Å². The summed E-state index contributed by atoms with van der Waals surface area (Å²) in [5.41, 5.74) is 1.03. The zero-order valence-corrected chi connectivity index (χ0v) is 9.95. The van der Waals surface area contributed by atoms with Gasteiger partial charge in [0.25, 0.3) is 5.91 Å². The Hall–Kier alpha value is -2.43. The molecule has 2 heterocycles. The van der Waals surface area contributed by atoms with Crippen molar-refractivity contribution in [2.75, 3.05) is 7.05 Å². The summed E-state index contributed by atoms with van der Waals surface area (Å²) < 4.78 is 0. The van der Waals surface area contributed by atoms with Gasteiger partial charge in [-0.2, -0.15) is 0 Å². The molecule has 2 rings (SSSR count). The predicted octanol–water partition coefficient (Wildman–Crippen LogP) is 1.45. The van der Waals surface area contributed by atoms with Crippen LogP contribution in [0.15, 0.2) is 42.9 Å². The van der Waals surface area contributed by atoms with Crippen LogP contribution in [0.3, 0.4) is 0 Å². The zero-order valence-electron chi connectivity index (χ0n) is 9.95. The number of carbonyl (C=O) groups is 1. The Kier molecular flexibility index (Phi) is 3.52. The van der Waals surface area contributed by atoms with E-state index in [1.165, 1.54) is 17.2 Å². The molecule has 0 aliphatic carbocycles. The van der Waals surface area contributed by atoms with Gasteiger partial charge in [0.1, 0.15) is 5.75 Å². The first-order valence-electron chi connectivity index (χ1n) is 5.47. The highest BCUT2D eigenvalue weighted by Gasteiger charge is 2.16. The van der Waals surface area contributed by atoms with Crippen molar-refractivity contribution in [2.24, 2.45) is 0 Å². The molecule has 0 saturated carbocycles. The molecule has 0 atom stereocenters. The normalized spacial score (nSPS) is 10.1. The molecule has 1 N–H and O–H groups in total. The molecule has 0 aliphatic heterocycles. The zero-order chi connectivity index (χ0) is 13.0. The highest BCUT2D eigenvalue weighted by atomic mass is 16.3. The summed E-state index contributed by atoms with van der Waals surface area (Å²) in [6.45, 7) is 0.442. The van der Waals surface area contributed by atoms with Crippen molar-refractivity contribution >= 4 is 5.91 Å². The van der Waals surface area contributed by atoms with Gasteiger partial charge in [0.05, 0.1) is 0 Å². The fraction of sp³-hybridized carbons (Fsp3) is 0.154. The number of pyridine rings is 2. The standard InChI is InChI=1S/C13H13N3O2/c1-16(9-10-4-7-14-8-5-10)13(18)12-11(17)3-2-6-15-12/h2-8,17H,9H2,1H3. The lowest BCUT2D eigenvalue weighted by Crippen LogP contribution is -2.27. The lowest BCUT2D eigenvalue weighted by molar-refractivity contribution is 0.0776. The third-order valence-electron chi connectivity index (χ3n) is 2.50. The first-order chi connectivity index (χ1) is 8.68. The first kappa shape index (κ1) is 12.0. The van der Waals surface area contributed by atoms with Crippen molar-refractivity contribution in [1.82, 2.24) is 14.9 Å². The molecule has 0 saturated heterocycles. The number of hydrogen-bond acceptors (Lipinski definition) is 4. The van der Waals surface area contributed by atoms with Crippen LogP contribution >= 0.6 is 0 Å². The van der Waals surface area contributed by atoms with E-state index < -0.39 is 0 Å². The molecule has 0 fully saturated rings. The summed E-state index contributed by atoms with van der Waals surface area (Å²) in [5, 5.41) is 9.58. The Balaban J connectivity index is 2.13. The summed E-state index contributed by atoms with van der Waals surface area (Å²) >= 11 is 0. The number of hydrogen-bond donors (Lipinski definition) is 1. The van der Waals surface area contributed by atoms with E-state index in [2.05, 4.69) is 9.97 Å². The van der Waals surface area contributed by atoms with Gasteiger partial charge in [-0.3, -0.25) is 9.78 Å². The van der Waals surface area contributed by atoms with Crippen LogP contribution in [0.25, 0.3) is 0 Å². The summed E-state index contributed by atoms with van der Waals surface area (Å²) in [4.78, 5) is 21.4. The van der Waals surface area contributed by atoms with Crippen molar-refractivity contribution in [1.29, 1.82) is 0 Å². The molecule has 5 heteroatoms. The van der Waals surface area contributed by atoms with E-state index in [0.29, 0.717) is 6.54 Å². The second-order valence-corrected chi connectivity index (χ2v) is 3.89. The third-order valence-corrected chi connectivity index (χ3v) is 2.50. The van der Waals surface area contributed by atoms with E-state index in [9.17, 15) is 9.90 Å². The second-order valence-electron chi connectivity index (χ2n) is 3.89. The Morgan fingerprint density at radius 3 is 2.67 bits per heavy atom. The van der Waals surface area contributed by atoms with Crippen LogP contribution in [-0.4, -0.2) is 32.9 Å². The van der Waals surface area contributed by atoms with Crippen LogP contribution in [0, 0.1) is 0 Å². The summed E-state index contributed by atoms with van der Waals surface area (Å²) in [6.07, 6.45) is 4.82. The number of carbonyl (C=O) groups excluding carboxylic acids is 1. The van der Waals surface area contributed by atoms with Gasteiger partial charge in [-0.15, -0.1) is 0 Å². The lowest BCUT2D eigenvalue weighted by atomic mass is 10.2. The van der Waals surface area contributed by atoms with Crippen molar-refractivity contribution in [3.05, 3.63) is 54.1 Å². The predicted molar refractivity (Wildman–Crippen MR) is 65.9 cm³/mol. The van der Waals surface area contributed by atoms with Gasteiger partial charge in [0.15, 0.2) is 5.69 Å². The van der Waals surface area contributed by atoms with Crippen molar-refractivity contribution < 1.29 is 9.90 Å². The average Bonchev–Trinajstić information content (AvgIpc) is 2.39. The maximum atomic E-state index is 12.1. The third kappa shape index (κ3) is 2.63. The van der Waals surface area contributed by atoms with E-state index in [-0.39, 0.29) is 17.4 Å². The van der Waals surface area contributed by atoms with E-state index in [4.69, 9.17) is 0 Å². The van der Waals surface area contributed by atoms with Gasteiger partial charge < -0.3 is 10.0 Å². The van der Waals surface area contributed by atoms with Gasteiger partial charge in [0, 0.05) is 32.2 Å². The number of rotatable bonds is 3. The van der Waals surface area contributed by atoms with Gasteiger partial charge in [-0.1, -0.05) is 0 Å². The average molecular weight is 243 g/mol. The first-order valence-corrected chi connectivity index (χ1v) is 5.47. The molecule has 5 nitrogen and oxygen atoms in total. The summed E-state index contributed by atoms with van der Waals surface area (Å²) in [6, 6.07) is 6.69. The maximum Gasteiger partial charge on any atom is 0.276 e. The maximum absolute atomic E-state index is 12.1. The molecule has 2 aromatic heterocycles. The summed E-state index contributed by atoms with van der Waals surface area (Å²) in [5.74, 6) is -0.422. The minimum atomic E-state index is -0.315. The number of amides is 1. The molecule has 0 aromatic carbocycles. The van der Waals surface area contributed by atoms with Crippen LogP contribution in [0.4, 0.5) is 0 Å². The van der Waals surface area contributed by atoms with Crippen LogP contribution in [0.5, 0.6) is 5.75 Å². The fourth-order valence-electron chi connectivity index (χ4n) is 1.58. The minimum absolute atomic E-state index is 0.0639. The summed E-state index contributed by atoms with van der Waals surface area (Å²) in [7, 11) is 1.66. The van der Waals surface area contributed by atoms with Gasteiger partial charge in [0.2, 0.25) is 0 Å². The minimum Gasteiger partial charge on any atom is -0.505 e. The molecular weight excluding hydrogens is 230 g/mol. The Morgan fingerprint density at radius 2 is 2.00 bits per heavy atom. The highest BCUT2D eigenvalue weighted by Crippen LogP contribution is 2.15.